The molecule has 0 bridgehead atoms. The van der Waals surface area contributed by atoms with Crippen LogP contribution in [0.2, 0.25) is 0 Å². The number of nitrogens with one attached hydrogen (secondary N) is 1. The molecule has 0 spiro atoms. The Morgan fingerprint density at radius 2 is 1.82 bits per heavy atom. The predicted molar refractivity (Wildman–Crippen MR) is 101 cm³/mol. The van der Waals surface area contributed by atoms with Crippen LogP contribution in [0.15, 0.2) is 42.7 Å². The van der Waals surface area contributed by atoms with E-state index in [0.717, 1.165) is 29.7 Å². The highest BCUT2D eigenvalue weighted by Crippen LogP contribution is 2.24. The number of hydrogen-bond donors (Lipinski definition) is 1. The lowest BCUT2D eigenvalue weighted by Crippen LogP contribution is -2.25. The first-order valence-corrected chi connectivity index (χ1v) is 9.55. The van der Waals surface area contributed by atoms with Gasteiger partial charge in [0.2, 0.25) is 18.2 Å². The average Bonchev–Trinajstić information content (AvgIpc) is 3.33. The van der Waals surface area contributed by atoms with E-state index in [-0.39, 0.29) is 18.2 Å². The lowest BCUT2D eigenvalue weighted by atomic mass is 10.1. The first-order valence-electron chi connectivity index (χ1n) is 9.55. The fourth-order valence-electron chi connectivity index (χ4n) is 3.35. The molecule has 0 fully saturated rings. The predicted octanol–water partition coefficient (Wildman–Crippen LogP) is 3.47. The topological polar surface area (TPSA) is 54.3 Å². The summed E-state index contributed by atoms with van der Waals surface area (Å²) in [6.07, 6.45) is 2.24. The van der Waals surface area contributed by atoms with Crippen LogP contribution in [-0.4, -0.2) is 27.7 Å². The molecule has 2 amide bonds. The van der Waals surface area contributed by atoms with Gasteiger partial charge in [0.1, 0.15) is 0 Å². The summed E-state index contributed by atoms with van der Waals surface area (Å²) >= 11 is 0. The molecular weight excluding hydrogens is 364 g/mol. The van der Waals surface area contributed by atoms with E-state index < -0.39 is 12.8 Å². The second-order valence-electron chi connectivity index (χ2n) is 7.08. The van der Waals surface area contributed by atoms with Gasteiger partial charge in [-0.15, -0.1) is 0 Å². The van der Waals surface area contributed by atoms with Gasteiger partial charge in [0.15, 0.2) is 0 Å². The molecule has 1 aliphatic heterocycles. The number of aromatic nitrogens is 1. The highest BCUT2D eigenvalue weighted by atomic mass is 19.3. The van der Waals surface area contributed by atoms with Crippen LogP contribution in [-0.2, 0) is 35.8 Å². The van der Waals surface area contributed by atoms with Crippen LogP contribution < -0.4 is 5.32 Å². The zero-order valence-electron chi connectivity index (χ0n) is 15.7. The SMILES string of the molecule is O=C(CCC(F)F)NCc1ccc2c(c1)CN(C(=O)CCCn1cccc1)C2. The molecule has 1 N–H and O–H groups in total. The molecule has 1 aliphatic rings. The molecule has 1 aromatic heterocycles. The molecule has 7 heteroatoms. The van der Waals surface area contributed by atoms with Gasteiger partial charge < -0.3 is 14.8 Å². The molecule has 2 aromatic rings. The quantitative estimate of drug-likeness (QED) is 0.714. The number of fused-ring (bicyclic) bond motifs is 1. The van der Waals surface area contributed by atoms with Crippen molar-refractivity contribution in [2.45, 2.75) is 58.3 Å². The molecular formula is C21H25F2N3O2. The molecule has 28 heavy (non-hydrogen) atoms. The number of rotatable bonds is 9. The van der Waals surface area contributed by atoms with Crippen LogP contribution in [0.4, 0.5) is 8.78 Å². The highest BCUT2D eigenvalue weighted by Gasteiger charge is 2.23. The first kappa shape index (κ1) is 20.0. The molecule has 0 unspecified atom stereocenters. The fourth-order valence-corrected chi connectivity index (χ4v) is 3.35. The van der Waals surface area contributed by atoms with Crippen molar-refractivity contribution in [2.24, 2.45) is 0 Å². The lowest BCUT2D eigenvalue weighted by Gasteiger charge is -2.15. The highest BCUT2D eigenvalue weighted by molar-refractivity contribution is 5.77. The number of carbonyl (C=O) groups excluding carboxylic acids is 2. The third kappa shape index (κ3) is 5.65. The van der Waals surface area contributed by atoms with E-state index in [4.69, 9.17) is 0 Å². The molecule has 0 saturated heterocycles. The zero-order chi connectivity index (χ0) is 19.9. The number of hydrogen-bond acceptors (Lipinski definition) is 2. The average molecular weight is 389 g/mol. The van der Waals surface area contributed by atoms with Crippen molar-refractivity contribution in [3.63, 3.8) is 0 Å². The monoisotopic (exact) mass is 389 g/mol. The third-order valence-corrected chi connectivity index (χ3v) is 4.90. The maximum absolute atomic E-state index is 12.5. The standard InChI is InChI=1S/C21H25F2N3O2/c22-19(23)7-8-20(27)24-13-16-5-6-17-14-26(15-18(17)12-16)21(28)4-3-11-25-9-1-2-10-25/h1-2,5-6,9-10,12,19H,3-4,7-8,11,13-15H2,(H,24,27). The minimum Gasteiger partial charge on any atom is -0.354 e. The molecule has 0 atom stereocenters. The Hall–Kier alpha value is -2.70. The van der Waals surface area contributed by atoms with E-state index in [1.807, 2.05) is 47.6 Å². The Labute approximate surface area is 163 Å². The van der Waals surface area contributed by atoms with Gasteiger partial charge in [0.25, 0.3) is 0 Å². The summed E-state index contributed by atoms with van der Waals surface area (Å²) in [5, 5.41) is 2.67. The fraction of sp³-hybridized carbons (Fsp3) is 0.429. The van der Waals surface area contributed by atoms with E-state index >= 15 is 0 Å². The Balaban J connectivity index is 1.45. The molecule has 0 radical (unpaired) electrons. The van der Waals surface area contributed by atoms with E-state index in [0.29, 0.717) is 26.1 Å². The maximum atomic E-state index is 12.5. The van der Waals surface area contributed by atoms with Crippen molar-refractivity contribution in [3.05, 3.63) is 59.4 Å². The van der Waals surface area contributed by atoms with Crippen molar-refractivity contribution < 1.29 is 18.4 Å². The van der Waals surface area contributed by atoms with Gasteiger partial charge in [-0.1, -0.05) is 18.2 Å². The number of alkyl halides is 2. The van der Waals surface area contributed by atoms with E-state index in [2.05, 4.69) is 9.88 Å². The number of aryl methyl sites for hydroxylation is 1. The largest absolute Gasteiger partial charge is 0.354 e. The van der Waals surface area contributed by atoms with E-state index in [1.54, 1.807) is 0 Å². The minimum atomic E-state index is -2.46. The number of nitrogens with zero attached hydrogens (tertiary/aromatic N) is 2. The Morgan fingerprint density at radius 3 is 2.57 bits per heavy atom. The Kier molecular flexibility index (Phi) is 6.79. The molecule has 3 rings (SSSR count). The number of carbonyl (C=O) groups is 2. The van der Waals surface area contributed by atoms with Crippen molar-refractivity contribution in [1.29, 1.82) is 0 Å². The van der Waals surface area contributed by atoms with Gasteiger partial charge in [0, 0.05) is 57.8 Å². The Morgan fingerprint density at radius 1 is 1.07 bits per heavy atom. The van der Waals surface area contributed by atoms with Crippen LogP contribution in [0.25, 0.3) is 0 Å². The second kappa shape index (κ2) is 9.48. The van der Waals surface area contributed by atoms with Gasteiger partial charge in [-0.25, -0.2) is 8.78 Å². The summed E-state index contributed by atoms with van der Waals surface area (Å²) < 4.78 is 26.4. The van der Waals surface area contributed by atoms with Crippen molar-refractivity contribution in [2.75, 3.05) is 0 Å². The van der Waals surface area contributed by atoms with Crippen LogP contribution in [0.1, 0.15) is 42.4 Å². The Bertz CT molecular complexity index is 806. The van der Waals surface area contributed by atoms with Crippen molar-refractivity contribution in [3.8, 4) is 0 Å². The van der Waals surface area contributed by atoms with Crippen molar-refractivity contribution >= 4 is 11.8 Å². The van der Waals surface area contributed by atoms with Gasteiger partial charge in [-0.2, -0.15) is 0 Å². The summed E-state index contributed by atoms with van der Waals surface area (Å²) in [6.45, 7) is 2.32. The van der Waals surface area contributed by atoms with E-state index in [9.17, 15) is 18.4 Å². The van der Waals surface area contributed by atoms with Gasteiger partial charge >= 0.3 is 0 Å². The molecule has 5 nitrogen and oxygen atoms in total. The minimum absolute atomic E-state index is 0.144. The third-order valence-electron chi connectivity index (χ3n) is 4.90. The van der Waals surface area contributed by atoms with Gasteiger partial charge in [-0.3, -0.25) is 9.59 Å². The summed E-state index contributed by atoms with van der Waals surface area (Å²) in [4.78, 5) is 25.9. The van der Waals surface area contributed by atoms with Gasteiger partial charge in [-0.05, 0) is 35.2 Å². The molecule has 0 aliphatic carbocycles. The number of amides is 2. The second-order valence-corrected chi connectivity index (χ2v) is 7.08. The maximum Gasteiger partial charge on any atom is 0.239 e. The lowest BCUT2D eigenvalue weighted by molar-refractivity contribution is -0.132. The van der Waals surface area contributed by atoms with Crippen LogP contribution in [0.3, 0.4) is 0 Å². The van der Waals surface area contributed by atoms with Crippen LogP contribution in [0.5, 0.6) is 0 Å². The van der Waals surface area contributed by atoms with Gasteiger partial charge in [0.05, 0.1) is 0 Å². The van der Waals surface area contributed by atoms with Crippen molar-refractivity contribution in [1.82, 2.24) is 14.8 Å². The van der Waals surface area contributed by atoms with Crippen LogP contribution >= 0.6 is 0 Å². The molecule has 150 valence electrons. The number of benzene rings is 1. The molecule has 0 saturated carbocycles. The van der Waals surface area contributed by atoms with Crippen LogP contribution in [0, 0.1) is 0 Å². The molecule has 1 aromatic carbocycles. The normalized spacial score (nSPS) is 13.0. The summed E-state index contributed by atoms with van der Waals surface area (Å²) in [7, 11) is 0. The summed E-state index contributed by atoms with van der Waals surface area (Å²) in [5.41, 5.74) is 3.11. The first-order chi connectivity index (χ1) is 13.5. The zero-order valence-corrected chi connectivity index (χ0v) is 15.7. The number of halogens is 2. The smallest absolute Gasteiger partial charge is 0.239 e. The summed E-state index contributed by atoms with van der Waals surface area (Å²) in [6, 6.07) is 9.81. The molecule has 2 heterocycles. The summed E-state index contributed by atoms with van der Waals surface area (Å²) in [5.74, 6) is -0.231. The van der Waals surface area contributed by atoms with E-state index in [1.165, 1.54) is 0 Å².